The second-order valence-electron chi connectivity index (χ2n) is 7.78. The Hall–Kier alpha value is -1.57. The summed E-state index contributed by atoms with van der Waals surface area (Å²) in [6.45, 7) is 10.5. The number of nitriles is 1. The highest BCUT2D eigenvalue weighted by Gasteiger charge is 2.41. The summed E-state index contributed by atoms with van der Waals surface area (Å²) in [7, 11) is 0. The summed E-state index contributed by atoms with van der Waals surface area (Å²) in [6.07, 6.45) is 8.51. The molecule has 0 aromatic carbocycles. The van der Waals surface area contributed by atoms with Crippen LogP contribution in [0, 0.1) is 28.6 Å². The van der Waals surface area contributed by atoms with Crippen molar-refractivity contribution >= 4 is 11.9 Å². The monoisotopic (exact) mass is 395 g/mol. The van der Waals surface area contributed by atoms with Gasteiger partial charge in [-0.3, -0.25) is 9.59 Å². The van der Waals surface area contributed by atoms with Crippen LogP contribution in [-0.4, -0.2) is 25.2 Å². The van der Waals surface area contributed by atoms with Crippen LogP contribution in [0.25, 0.3) is 0 Å². The third-order valence-corrected chi connectivity index (χ3v) is 5.58. The fraction of sp³-hybridized carbons (Fsp3) is 0.870. The average molecular weight is 396 g/mol. The first kappa shape index (κ1) is 26.4. The van der Waals surface area contributed by atoms with Crippen LogP contribution in [0.15, 0.2) is 0 Å². The molecular formula is C23H41NO4. The Morgan fingerprint density at radius 1 is 0.964 bits per heavy atom. The van der Waals surface area contributed by atoms with Gasteiger partial charge in [0.1, 0.15) is 0 Å². The number of unbranched alkanes of at least 4 members (excludes halogenated alkanes) is 4. The predicted octanol–water partition coefficient (Wildman–Crippen LogP) is 5.82. The molecule has 0 heterocycles. The Morgan fingerprint density at radius 3 is 2.11 bits per heavy atom. The van der Waals surface area contributed by atoms with Crippen LogP contribution in [0.4, 0.5) is 0 Å². The number of esters is 2. The van der Waals surface area contributed by atoms with E-state index in [2.05, 4.69) is 26.8 Å². The lowest BCUT2D eigenvalue weighted by molar-refractivity contribution is -0.156. The van der Waals surface area contributed by atoms with E-state index >= 15 is 0 Å². The first-order valence-electron chi connectivity index (χ1n) is 11.1. The van der Waals surface area contributed by atoms with E-state index in [1.54, 1.807) is 13.8 Å². The second-order valence-corrected chi connectivity index (χ2v) is 7.78. The minimum Gasteiger partial charge on any atom is -0.466 e. The molecule has 0 rings (SSSR count). The predicted molar refractivity (Wildman–Crippen MR) is 111 cm³/mol. The first-order valence-corrected chi connectivity index (χ1v) is 11.1. The fourth-order valence-electron chi connectivity index (χ4n) is 3.79. The quantitative estimate of drug-likeness (QED) is 0.243. The van der Waals surface area contributed by atoms with Crippen molar-refractivity contribution in [1.82, 2.24) is 0 Å². The molecule has 0 fully saturated rings. The van der Waals surface area contributed by atoms with Gasteiger partial charge < -0.3 is 9.47 Å². The van der Waals surface area contributed by atoms with Gasteiger partial charge >= 0.3 is 11.9 Å². The molecule has 0 aromatic heterocycles. The van der Waals surface area contributed by atoms with Gasteiger partial charge in [0.2, 0.25) is 0 Å². The molecule has 0 N–H and O–H groups in total. The summed E-state index contributed by atoms with van der Waals surface area (Å²) in [5.74, 6) is -1.26. The summed E-state index contributed by atoms with van der Waals surface area (Å²) < 4.78 is 10.3. The molecule has 0 bridgehead atoms. The van der Waals surface area contributed by atoms with E-state index in [0.717, 1.165) is 51.4 Å². The topological polar surface area (TPSA) is 76.4 Å². The number of carbonyl (C=O) groups excluding carboxylic acids is 2. The van der Waals surface area contributed by atoms with E-state index in [4.69, 9.17) is 9.47 Å². The maximum absolute atomic E-state index is 12.6. The smallest absolute Gasteiger partial charge is 0.309 e. The maximum Gasteiger partial charge on any atom is 0.309 e. The molecule has 5 heteroatoms. The number of rotatable bonds is 16. The molecule has 0 saturated heterocycles. The van der Waals surface area contributed by atoms with Gasteiger partial charge in [0.05, 0.1) is 37.0 Å². The Kier molecular flexibility index (Phi) is 14.5. The number of hydrogen-bond donors (Lipinski definition) is 0. The van der Waals surface area contributed by atoms with Gasteiger partial charge in [-0.15, -0.1) is 0 Å². The largest absolute Gasteiger partial charge is 0.466 e. The van der Waals surface area contributed by atoms with Crippen molar-refractivity contribution in [2.45, 2.75) is 98.8 Å². The SMILES string of the molecule is CCCCCC(C)C(C#N)(CCCCC)CC(CC(=O)OCC)C(=O)OCC. The van der Waals surface area contributed by atoms with Gasteiger partial charge in [-0.1, -0.05) is 59.3 Å². The van der Waals surface area contributed by atoms with Gasteiger partial charge in [0.15, 0.2) is 0 Å². The van der Waals surface area contributed by atoms with E-state index in [9.17, 15) is 14.9 Å². The number of carbonyl (C=O) groups is 2. The number of ether oxygens (including phenoxy) is 2. The first-order chi connectivity index (χ1) is 13.4. The Balaban J connectivity index is 5.53. The van der Waals surface area contributed by atoms with Crippen LogP contribution in [0.3, 0.4) is 0 Å². The molecule has 0 radical (unpaired) electrons. The lowest BCUT2D eigenvalue weighted by Crippen LogP contribution is -2.34. The number of nitrogens with zero attached hydrogens (tertiary/aromatic N) is 1. The van der Waals surface area contributed by atoms with Crippen molar-refractivity contribution in [3.63, 3.8) is 0 Å². The Morgan fingerprint density at radius 2 is 1.57 bits per heavy atom. The van der Waals surface area contributed by atoms with Gasteiger partial charge in [-0.05, 0) is 39.0 Å². The minimum atomic E-state index is -0.631. The van der Waals surface area contributed by atoms with Crippen LogP contribution < -0.4 is 0 Å². The molecule has 0 amide bonds. The normalized spacial score (nSPS) is 15.1. The van der Waals surface area contributed by atoms with Crippen molar-refractivity contribution < 1.29 is 19.1 Å². The highest BCUT2D eigenvalue weighted by Crippen LogP contribution is 2.43. The van der Waals surface area contributed by atoms with E-state index in [1.807, 2.05) is 0 Å². The Labute approximate surface area is 172 Å². The van der Waals surface area contributed by atoms with Crippen molar-refractivity contribution in [2.24, 2.45) is 17.3 Å². The highest BCUT2D eigenvalue weighted by molar-refractivity contribution is 5.80. The summed E-state index contributed by atoms with van der Waals surface area (Å²) in [4.78, 5) is 24.6. The third-order valence-electron chi connectivity index (χ3n) is 5.58. The van der Waals surface area contributed by atoms with Gasteiger partial charge in [-0.2, -0.15) is 5.26 Å². The van der Waals surface area contributed by atoms with E-state index in [-0.39, 0.29) is 25.6 Å². The maximum atomic E-state index is 12.6. The summed E-state index contributed by atoms with van der Waals surface area (Å²) in [6, 6.07) is 2.57. The van der Waals surface area contributed by atoms with Crippen molar-refractivity contribution in [2.75, 3.05) is 13.2 Å². The van der Waals surface area contributed by atoms with Gasteiger partial charge in [0, 0.05) is 0 Å². The third kappa shape index (κ3) is 9.57. The van der Waals surface area contributed by atoms with Crippen molar-refractivity contribution in [3.8, 4) is 6.07 Å². The van der Waals surface area contributed by atoms with Crippen LogP contribution in [0.5, 0.6) is 0 Å². The molecule has 0 aromatic rings. The lowest BCUT2D eigenvalue weighted by Gasteiger charge is -2.35. The lowest BCUT2D eigenvalue weighted by atomic mass is 9.66. The number of hydrogen-bond acceptors (Lipinski definition) is 5. The van der Waals surface area contributed by atoms with Crippen LogP contribution in [-0.2, 0) is 19.1 Å². The molecule has 5 nitrogen and oxygen atoms in total. The zero-order chi connectivity index (χ0) is 21.4. The van der Waals surface area contributed by atoms with Crippen molar-refractivity contribution in [3.05, 3.63) is 0 Å². The molecule has 0 saturated carbocycles. The standard InChI is InChI=1S/C23H41NO4/c1-6-10-12-14-19(5)23(18-24,15-13-11-7-2)17-20(22(26)28-9-4)16-21(25)27-8-3/h19-20H,6-17H2,1-5H3. The molecule has 3 unspecified atom stereocenters. The van der Waals surface area contributed by atoms with E-state index in [0.29, 0.717) is 6.42 Å². The van der Waals surface area contributed by atoms with Crippen molar-refractivity contribution in [1.29, 1.82) is 5.26 Å². The minimum absolute atomic E-state index is 0.0223. The summed E-state index contributed by atoms with van der Waals surface area (Å²) in [5, 5.41) is 10.2. The van der Waals surface area contributed by atoms with Crippen LogP contribution in [0.2, 0.25) is 0 Å². The summed E-state index contributed by atoms with van der Waals surface area (Å²) >= 11 is 0. The molecule has 3 atom stereocenters. The van der Waals surface area contributed by atoms with Gasteiger partial charge in [-0.25, -0.2) is 0 Å². The zero-order valence-electron chi connectivity index (χ0n) is 18.7. The van der Waals surface area contributed by atoms with Crippen LogP contribution >= 0.6 is 0 Å². The molecule has 0 aliphatic rings. The molecule has 28 heavy (non-hydrogen) atoms. The molecule has 162 valence electrons. The fourth-order valence-corrected chi connectivity index (χ4v) is 3.79. The van der Waals surface area contributed by atoms with Gasteiger partial charge in [0.25, 0.3) is 0 Å². The van der Waals surface area contributed by atoms with Crippen LogP contribution in [0.1, 0.15) is 98.8 Å². The molecule has 0 aliphatic heterocycles. The Bertz CT molecular complexity index is 485. The van der Waals surface area contributed by atoms with E-state index in [1.165, 1.54) is 0 Å². The average Bonchev–Trinajstić information content (AvgIpc) is 2.67. The van der Waals surface area contributed by atoms with E-state index < -0.39 is 23.3 Å². The molecular weight excluding hydrogens is 354 g/mol. The molecule has 0 spiro atoms. The summed E-state index contributed by atoms with van der Waals surface area (Å²) in [5.41, 5.74) is -0.618. The molecule has 0 aliphatic carbocycles. The zero-order valence-corrected chi connectivity index (χ0v) is 18.7. The highest BCUT2D eigenvalue weighted by atomic mass is 16.5. The second kappa shape index (κ2) is 15.4.